The Kier molecular flexibility index (Phi) is 6.65. The van der Waals surface area contributed by atoms with Gasteiger partial charge in [-0.15, -0.1) is 11.8 Å². The summed E-state index contributed by atoms with van der Waals surface area (Å²) in [5.74, 6) is 2.25. The number of amides is 1. The van der Waals surface area contributed by atoms with Crippen molar-refractivity contribution in [2.24, 2.45) is 5.73 Å². The third-order valence-electron chi connectivity index (χ3n) is 4.08. The summed E-state index contributed by atoms with van der Waals surface area (Å²) in [6, 6.07) is 5.49. The molecule has 1 aliphatic rings. The number of carbonyl (C=O) groups excluding carboxylic acids is 1. The number of aromatic nitrogens is 2. The fraction of sp³-hybridized carbons (Fsp3) is 0.316. The zero-order valence-corrected chi connectivity index (χ0v) is 17.1. The van der Waals surface area contributed by atoms with Crippen LogP contribution in [0.15, 0.2) is 23.6 Å². The van der Waals surface area contributed by atoms with Crippen molar-refractivity contribution in [1.29, 1.82) is 0 Å². The molecule has 1 aromatic heterocycles. The first-order valence-corrected chi connectivity index (χ1v) is 10.2. The molecule has 0 saturated carbocycles. The maximum absolute atomic E-state index is 12.8. The summed E-state index contributed by atoms with van der Waals surface area (Å²) in [6.45, 7) is 2.57. The molecular weight excluding hydrogens is 392 g/mol. The predicted molar refractivity (Wildman–Crippen MR) is 115 cm³/mol. The van der Waals surface area contributed by atoms with E-state index >= 15 is 0 Å². The minimum atomic E-state index is -0.392. The number of nitrogens with one attached hydrogen (secondary N) is 2. The van der Waals surface area contributed by atoms with Crippen molar-refractivity contribution < 1.29 is 14.3 Å². The van der Waals surface area contributed by atoms with E-state index in [9.17, 15) is 4.79 Å². The van der Waals surface area contributed by atoms with Gasteiger partial charge in [0.25, 0.3) is 5.91 Å². The first-order valence-electron chi connectivity index (χ1n) is 9.13. The van der Waals surface area contributed by atoms with E-state index in [1.54, 1.807) is 24.2 Å². The summed E-state index contributed by atoms with van der Waals surface area (Å²) in [7, 11) is 1.65. The molecule has 0 radical (unpaired) electrons. The maximum atomic E-state index is 12.8. The predicted octanol–water partition coefficient (Wildman–Crippen LogP) is 2.16. The monoisotopic (exact) mass is 416 g/mol. The number of carbonyl (C=O) groups is 1. The first kappa shape index (κ1) is 20.6. The number of nitrogens with two attached hydrogens (primary N) is 2. The standard InChI is InChI=1S/C19H24N6O3S/c1-3-6-29-9-12(20)18-24-16(15(22-2)17(21)25-18)19(26)23-8-11-4-5-13-14(7-11)28-10-27-13/h4-5,7,9,22H,3,6,8,10,20H2,1-2H3,(H,23,26)(H2,21,24,25)/b12-9-. The molecular formula is C19H24N6O3S. The van der Waals surface area contributed by atoms with E-state index in [0.29, 0.717) is 22.9 Å². The van der Waals surface area contributed by atoms with Gasteiger partial charge in [0.15, 0.2) is 28.8 Å². The van der Waals surface area contributed by atoms with Crippen LogP contribution in [0.25, 0.3) is 5.70 Å². The van der Waals surface area contributed by atoms with E-state index in [4.69, 9.17) is 20.9 Å². The van der Waals surface area contributed by atoms with Crippen molar-refractivity contribution in [2.45, 2.75) is 19.9 Å². The number of nitrogen functional groups attached to an aromatic ring is 1. The van der Waals surface area contributed by atoms with E-state index in [1.807, 2.05) is 18.2 Å². The van der Waals surface area contributed by atoms with Gasteiger partial charge >= 0.3 is 0 Å². The Hall–Kier alpha value is -3.14. The summed E-state index contributed by atoms with van der Waals surface area (Å²) >= 11 is 1.56. The van der Waals surface area contributed by atoms with Crippen LogP contribution in [-0.4, -0.2) is 35.5 Å². The minimum Gasteiger partial charge on any atom is -0.454 e. The third-order valence-corrected chi connectivity index (χ3v) is 5.15. The molecule has 3 rings (SSSR count). The van der Waals surface area contributed by atoms with Crippen LogP contribution >= 0.6 is 11.8 Å². The summed E-state index contributed by atoms with van der Waals surface area (Å²) in [6.07, 6.45) is 1.02. The molecule has 2 aromatic rings. The molecule has 1 aliphatic heterocycles. The van der Waals surface area contributed by atoms with Crippen molar-refractivity contribution in [3.05, 3.63) is 40.7 Å². The second kappa shape index (κ2) is 9.37. The number of ether oxygens (including phenoxy) is 2. The number of thioether (sulfide) groups is 1. The van der Waals surface area contributed by atoms with Crippen LogP contribution in [0, 0.1) is 0 Å². The molecule has 0 fully saturated rings. The van der Waals surface area contributed by atoms with Crippen LogP contribution in [0.5, 0.6) is 11.5 Å². The molecule has 9 nitrogen and oxygen atoms in total. The summed E-state index contributed by atoms with van der Waals surface area (Å²) in [5, 5.41) is 7.49. The number of nitrogens with zero attached hydrogens (tertiary/aromatic N) is 2. The summed E-state index contributed by atoms with van der Waals surface area (Å²) in [4.78, 5) is 21.3. The van der Waals surface area contributed by atoms with Gasteiger partial charge in [-0.25, -0.2) is 9.97 Å². The highest BCUT2D eigenvalue weighted by Gasteiger charge is 2.20. The van der Waals surface area contributed by atoms with Gasteiger partial charge in [-0.05, 0) is 35.3 Å². The lowest BCUT2D eigenvalue weighted by atomic mass is 10.2. The Morgan fingerprint density at radius 2 is 2.10 bits per heavy atom. The van der Waals surface area contributed by atoms with Gasteiger partial charge in [-0.2, -0.15) is 0 Å². The van der Waals surface area contributed by atoms with Gasteiger partial charge in [0.05, 0.1) is 5.70 Å². The van der Waals surface area contributed by atoms with Gasteiger partial charge in [0.1, 0.15) is 5.69 Å². The van der Waals surface area contributed by atoms with Crippen LogP contribution in [0.2, 0.25) is 0 Å². The Morgan fingerprint density at radius 1 is 1.31 bits per heavy atom. The Bertz CT molecular complexity index is 934. The zero-order chi connectivity index (χ0) is 20.8. The molecule has 2 heterocycles. The number of anilines is 2. The SMILES string of the molecule is CCCS/C=C(\N)c1nc(N)c(NC)c(C(=O)NCc2ccc3c(c2)OCO3)n1. The second-order valence-corrected chi connectivity index (χ2v) is 7.20. The topological polar surface area (TPSA) is 137 Å². The number of fused-ring (bicyclic) bond motifs is 1. The largest absolute Gasteiger partial charge is 0.454 e. The quantitative estimate of drug-likeness (QED) is 0.477. The minimum absolute atomic E-state index is 0.132. The van der Waals surface area contributed by atoms with Crippen LogP contribution < -0.4 is 31.6 Å². The number of rotatable bonds is 8. The highest BCUT2D eigenvalue weighted by molar-refractivity contribution is 8.02. The molecule has 0 atom stereocenters. The van der Waals surface area contributed by atoms with E-state index in [2.05, 4.69) is 27.5 Å². The van der Waals surface area contributed by atoms with Crippen molar-refractivity contribution >= 4 is 34.9 Å². The highest BCUT2D eigenvalue weighted by atomic mass is 32.2. The summed E-state index contributed by atoms with van der Waals surface area (Å²) < 4.78 is 10.7. The zero-order valence-electron chi connectivity index (χ0n) is 16.3. The fourth-order valence-corrected chi connectivity index (χ4v) is 3.29. The van der Waals surface area contributed by atoms with Crippen molar-refractivity contribution in [3.8, 4) is 11.5 Å². The van der Waals surface area contributed by atoms with E-state index < -0.39 is 5.91 Å². The van der Waals surface area contributed by atoms with Crippen LogP contribution in [0.1, 0.15) is 35.2 Å². The number of benzene rings is 1. The molecule has 0 unspecified atom stereocenters. The Labute approximate surface area is 173 Å². The average molecular weight is 417 g/mol. The average Bonchev–Trinajstić information content (AvgIpc) is 3.19. The molecule has 0 bridgehead atoms. The fourth-order valence-electron chi connectivity index (χ4n) is 2.65. The van der Waals surface area contributed by atoms with E-state index in [0.717, 1.165) is 17.7 Å². The second-order valence-electron chi connectivity index (χ2n) is 6.22. The number of hydrogen-bond donors (Lipinski definition) is 4. The highest BCUT2D eigenvalue weighted by Crippen LogP contribution is 2.32. The molecule has 6 N–H and O–H groups in total. The van der Waals surface area contributed by atoms with Gasteiger partial charge in [0, 0.05) is 13.6 Å². The smallest absolute Gasteiger partial charge is 0.272 e. The van der Waals surface area contributed by atoms with Crippen LogP contribution in [0.3, 0.4) is 0 Å². The lowest BCUT2D eigenvalue weighted by Crippen LogP contribution is -2.26. The number of hydrogen-bond acceptors (Lipinski definition) is 9. The van der Waals surface area contributed by atoms with Crippen molar-refractivity contribution in [2.75, 3.05) is 30.6 Å². The Morgan fingerprint density at radius 3 is 2.86 bits per heavy atom. The molecule has 1 amide bonds. The molecule has 10 heteroatoms. The van der Waals surface area contributed by atoms with E-state index in [1.165, 1.54) is 0 Å². The van der Waals surface area contributed by atoms with Gasteiger partial charge in [0.2, 0.25) is 6.79 Å². The molecule has 154 valence electrons. The molecule has 1 aromatic carbocycles. The van der Waals surface area contributed by atoms with Crippen LogP contribution in [-0.2, 0) is 6.54 Å². The van der Waals surface area contributed by atoms with Gasteiger partial charge in [-0.1, -0.05) is 13.0 Å². The first-order chi connectivity index (χ1) is 14.0. The van der Waals surface area contributed by atoms with Crippen LogP contribution in [0.4, 0.5) is 11.5 Å². The van der Waals surface area contributed by atoms with Crippen molar-refractivity contribution in [1.82, 2.24) is 15.3 Å². The lowest BCUT2D eigenvalue weighted by molar-refractivity contribution is 0.0946. The lowest BCUT2D eigenvalue weighted by Gasteiger charge is -2.13. The maximum Gasteiger partial charge on any atom is 0.272 e. The Balaban J connectivity index is 1.78. The normalized spacial score (nSPS) is 12.7. The van der Waals surface area contributed by atoms with Crippen molar-refractivity contribution in [3.63, 3.8) is 0 Å². The molecule has 29 heavy (non-hydrogen) atoms. The van der Waals surface area contributed by atoms with E-state index in [-0.39, 0.29) is 30.7 Å². The molecule has 0 aliphatic carbocycles. The third kappa shape index (κ3) is 4.83. The molecule has 0 spiro atoms. The molecule has 0 saturated heterocycles. The van der Waals surface area contributed by atoms with Gasteiger partial charge in [-0.3, -0.25) is 4.79 Å². The summed E-state index contributed by atoms with van der Waals surface area (Å²) in [5.41, 5.74) is 13.8. The van der Waals surface area contributed by atoms with Gasteiger partial charge < -0.3 is 31.6 Å².